The third kappa shape index (κ3) is 4.28. The van der Waals surface area contributed by atoms with E-state index in [9.17, 15) is 0 Å². The lowest BCUT2D eigenvalue weighted by Crippen LogP contribution is -2.36. The van der Waals surface area contributed by atoms with Crippen LogP contribution < -0.4 is 11.1 Å². The number of aliphatic imine (C=N–C) groups is 1. The molecule has 0 spiro atoms. The molecule has 0 radical (unpaired) electrons. The molecule has 0 bridgehead atoms. The van der Waals surface area contributed by atoms with Crippen molar-refractivity contribution < 1.29 is 0 Å². The largest absolute Gasteiger partial charge is 0.370 e. The quantitative estimate of drug-likeness (QED) is 0.587. The van der Waals surface area contributed by atoms with E-state index in [4.69, 9.17) is 5.73 Å². The summed E-state index contributed by atoms with van der Waals surface area (Å²) in [7, 11) is 0. The van der Waals surface area contributed by atoms with Crippen molar-refractivity contribution in [3.05, 3.63) is 22.4 Å². The summed E-state index contributed by atoms with van der Waals surface area (Å²) < 4.78 is 0. The highest BCUT2D eigenvalue weighted by Gasteiger charge is 1.95. The smallest absolute Gasteiger partial charge is 0.188 e. The van der Waals surface area contributed by atoms with Gasteiger partial charge in [0, 0.05) is 23.9 Å². The minimum Gasteiger partial charge on any atom is -0.370 e. The number of nitrogens with one attached hydrogen (secondary N) is 1. The number of nitrogens with zero attached hydrogens (tertiary/aromatic N) is 1. The fourth-order valence-corrected chi connectivity index (χ4v) is 1.78. The third-order valence-electron chi connectivity index (χ3n) is 1.66. The Labute approximate surface area is 89.0 Å². The second-order valence-electron chi connectivity index (χ2n) is 3.40. The first-order valence-corrected chi connectivity index (χ1v) is 5.65. The van der Waals surface area contributed by atoms with Crippen LogP contribution in [0.1, 0.15) is 18.7 Å². The van der Waals surface area contributed by atoms with Crippen LogP contribution in [-0.4, -0.2) is 18.5 Å². The van der Waals surface area contributed by atoms with Crippen LogP contribution in [0.15, 0.2) is 22.5 Å². The molecule has 0 aliphatic carbocycles. The normalized spacial score (nSPS) is 12.1. The van der Waals surface area contributed by atoms with E-state index in [0.29, 0.717) is 12.0 Å². The van der Waals surface area contributed by atoms with Crippen LogP contribution in [0.25, 0.3) is 0 Å². The fraction of sp³-hybridized carbons (Fsp3) is 0.500. The second kappa shape index (κ2) is 5.65. The van der Waals surface area contributed by atoms with Gasteiger partial charge in [-0.2, -0.15) is 0 Å². The summed E-state index contributed by atoms with van der Waals surface area (Å²) in [5.41, 5.74) is 5.66. The van der Waals surface area contributed by atoms with Crippen molar-refractivity contribution in [1.29, 1.82) is 0 Å². The van der Waals surface area contributed by atoms with Crippen molar-refractivity contribution in [3.8, 4) is 0 Å². The van der Waals surface area contributed by atoms with Gasteiger partial charge < -0.3 is 11.1 Å². The van der Waals surface area contributed by atoms with E-state index < -0.39 is 0 Å². The third-order valence-corrected chi connectivity index (χ3v) is 2.59. The first-order valence-electron chi connectivity index (χ1n) is 4.77. The molecule has 1 heterocycles. The molecule has 1 rings (SSSR count). The maximum Gasteiger partial charge on any atom is 0.188 e. The molecule has 1 aromatic rings. The predicted octanol–water partition coefficient (Wildman–Crippen LogP) is 1.60. The highest BCUT2D eigenvalue weighted by molar-refractivity contribution is 7.09. The van der Waals surface area contributed by atoms with Gasteiger partial charge in [-0.25, -0.2) is 0 Å². The van der Waals surface area contributed by atoms with Gasteiger partial charge in [0.1, 0.15) is 0 Å². The van der Waals surface area contributed by atoms with E-state index in [0.717, 1.165) is 13.0 Å². The summed E-state index contributed by atoms with van der Waals surface area (Å²) in [6.45, 7) is 4.84. The van der Waals surface area contributed by atoms with Crippen molar-refractivity contribution in [1.82, 2.24) is 5.32 Å². The number of rotatable bonds is 4. The van der Waals surface area contributed by atoms with Gasteiger partial charge in [-0.15, -0.1) is 11.3 Å². The second-order valence-corrected chi connectivity index (χ2v) is 4.43. The van der Waals surface area contributed by atoms with E-state index in [1.165, 1.54) is 4.88 Å². The maximum atomic E-state index is 5.66. The van der Waals surface area contributed by atoms with Gasteiger partial charge in [0.25, 0.3) is 0 Å². The van der Waals surface area contributed by atoms with Crippen LogP contribution in [0.5, 0.6) is 0 Å². The minimum absolute atomic E-state index is 0.348. The van der Waals surface area contributed by atoms with Gasteiger partial charge in [0.05, 0.1) is 0 Å². The molecule has 0 aliphatic heterocycles. The molecule has 0 aromatic carbocycles. The zero-order valence-electron chi connectivity index (χ0n) is 8.66. The van der Waals surface area contributed by atoms with Gasteiger partial charge in [-0.05, 0) is 25.3 Å². The molecular weight excluding hydrogens is 194 g/mol. The average molecular weight is 211 g/mol. The number of hydrogen-bond donors (Lipinski definition) is 2. The number of hydrogen-bond acceptors (Lipinski definition) is 2. The lowest BCUT2D eigenvalue weighted by atomic mass is 10.3. The van der Waals surface area contributed by atoms with Crippen molar-refractivity contribution in [2.24, 2.45) is 10.7 Å². The minimum atomic E-state index is 0.348. The predicted molar refractivity (Wildman–Crippen MR) is 62.8 cm³/mol. The molecule has 4 heteroatoms. The SMILES string of the molecule is CC(C)NC(N)=NCCc1cccs1. The Balaban J connectivity index is 2.26. The average Bonchev–Trinajstić information content (AvgIpc) is 2.55. The first kappa shape index (κ1) is 11.0. The lowest BCUT2D eigenvalue weighted by molar-refractivity contribution is 0.723. The van der Waals surface area contributed by atoms with Crippen molar-refractivity contribution >= 4 is 17.3 Å². The Morgan fingerprint density at radius 3 is 3.00 bits per heavy atom. The molecule has 0 fully saturated rings. The van der Waals surface area contributed by atoms with Gasteiger partial charge in [-0.3, -0.25) is 4.99 Å². The Kier molecular flexibility index (Phi) is 4.46. The zero-order valence-corrected chi connectivity index (χ0v) is 9.47. The van der Waals surface area contributed by atoms with Crippen molar-refractivity contribution in [2.75, 3.05) is 6.54 Å². The van der Waals surface area contributed by atoms with Crippen LogP contribution in [-0.2, 0) is 6.42 Å². The topological polar surface area (TPSA) is 50.4 Å². The summed E-state index contributed by atoms with van der Waals surface area (Å²) in [5.74, 6) is 0.538. The lowest BCUT2D eigenvalue weighted by Gasteiger charge is -2.07. The van der Waals surface area contributed by atoms with Crippen LogP contribution in [0.2, 0.25) is 0 Å². The molecule has 0 saturated carbocycles. The molecular formula is C10H17N3S. The number of nitrogens with two attached hydrogens (primary N) is 1. The molecule has 3 N–H and O–H groups in total. The Bertz CT molecular complexity index is 278. The first-order chi connectivity index (χ1) is 6.68. The Hall–Kier alpha value is -1.03. The molecule has 0 amide bonds. The summed E-state index contributed by atoms with van der Waals surface area (Å²) in [5, 5.41) is 5.13. The van der Waals surface area contributed by atoms with Crippen LogP contribution in [0.3, 0.4) is 0 Å². The summed E-state index contributed by atoms with van der Waals surface area (Å²) in [4.78, 5) is 5.58. The monoisotopic (exact) mass is 211 g/mol. The zero-order chi connectivity index (χ0) is 10.4. The molecule has 0 saturated heterocycles. The summed E-state index contributed by atoms with van der Waals surface area (Å²) in [6.07, 6.45) is 0.970. The van der Waals surface area contributed by atoms with Gasteiger partial charge in [-0.1, -0.05) is 6.07 Å². The van der Waals surface area contributed by atoms with Crippen molar-refractivity contribution in [3.63, 3.8) is 0 Å². The standard InChI is InChI=1S/C10H17N3S/c1-8(2)13-10(11)12-6-5-9-4-3-7-14-9/h3-4,7-8H,5-6H2,1-2H3,(H3,11,12,13). The number of thiophene rings is 1. The molecule has 14 heavy (non-hydrogen) atoms. The number of guanidine groups is 1. The molecule has 0 atom stereocenters. The highest BCUT2D eigenvalue weighted by Crippen LogP contribution is 2.08. The van der Waals surface area contributed by atoms with Crippen LogP contribution in [0, 0.1) is 0 Å². The van der Waals surface area contributed by atoms with Gasteiger partial charge in [0.15, 0.2) is 5.96 Å². The fourth-order valence-electron chi connectivity index (χ4n) is 1.08. The van der Waals surface area contributed by atoms with Crippen LogP contribution >= 0.6 is 11.3 Å². The maximum absolute atomic E-state index is 5.66. The highest BCUT2D eigenvalue weighted by atomic mass is 32.1. The summed E-state index contributed by atoms with van der Waals surface area (Å²) in [6, 6.07) is 4.52. The van der Waals surface area contributed by atoms with Gasteiger partial charge in [0.2, 0.25) is 0 Å². The van der Waals surface area contributed by atoms with Crippen molar-refractivity contribution in [2.45, 2.75) is 26.3 Å². The van der Waals surface area contributed by atoms with E-state index >= 15 is 0 Å². The molecule has 1 aromatic heterocycles. The Morgan fingerprint density at radius 2 is 2.43 bits per heavy atom. The molecule has 78 valence electrons. The molecule has 3 nitrogen and oxygen atoms in total. The summed E-state index contributed by atoms with van der Waals surface area (Å²) >= 11 is 1.76. The molecule has 0 unspecified atom stereocenters. The van der Waals surface area contributed by atoms with E-state index in [-0.39, 0.29) is 0 Å². The van der Waals surface area contributed by atoms with E-state index in [2.05, 4.69) is 27.8 Å². The van der Waals surface area contributed by atoms with E-state index in [1.54, 1.807) is 11.3 Å². The van der Waals surface area contributed by atoms with E-state index in [1.807, 2.05) is 13.8 Å². The Morgan fingerprint density at radius 1 is 1.64 bits per heavy atom. The van der Waals surface area contributed by atoms with Crippen LogP contribution in [0.4, 0.5) is 0 Å². The molecule has 0 aliphatic rings. The van der Waals surface area contributed by atoms with Gasteiger partial charge >= 0.3 is 0 Å².